The minimum Gasteiger partial charge on any atom is -0.309 e. The van der Waals surface area contributed by atoms with Crippen LogP contribution in [0.2, 0.25) is 5.02 Å². The highest BCUT2D eigenvalue weighted by Crippen LogP contribution is 2.10. The lowest BCUT2D eigenvalue weighted by Crippen LogP contribution is -2.29. The highest BCUT2D eigenvalue weighted by molar-refractivity contribution is 6.30. The molecule has 3 nitrogen and oxygen atoms in total. The molecule has 18 heavy (non-hydrogen) atoms. The third-order valence-electron chi connectivity index (χ3n) is 2.72. The number of Topliss-reactive ketones (excluding diaryl/α,β-unsaturated/α-hetero) is 1. The summed E-state index contributed by atoms with van der Waals surface area (Å²) in [6.45, 7) is 2.42. The van der Waals surface area contributed by atoms with Crippen LogP contribution in [-0.4, -0.2) is 56.4 Å². The Hall–Kier alpha value is -0.900. The van der Waals surface area contributed by atoms with Gasteiger partial charge in [0.25, 0.3) is 0 Å². The molecule has 0 aliphatic rings. The maximum absolute atomic E-state index is 12.0. The first-order valence-corrected chi connectivity index (χ1v) is 6.49. The van der Waals surface area contributed by atoms with Gasteiger partial charge in [0.2, 0.25) is 0 Å². The Balaban J connectivity index is 2.37. The predicted octanol–water partition coefficient (Wildman–Crippen LogP) is 2.41. The van der Waals surface area contributed by atoms with E-state index in [4.69, 9.17) is 11.6 Å². The smallest absolute Gasteiger partial charge is 0.176 e. The zero-order valence-electron chi connectivity index (χ0n) is 11.3. The Bertz CT molecular complexity index is 376. The standard InChI is InChI=1S/C14H21ClN2O/c1-16(2)9-4-10-17(3)11-14(18)12-5-7-13(15)8-6-12/h5-8H,4,9-11H2,1-3H3. The Kier molecular flexibility index (Phi) is 6.33. The fourth-order valence-corrected chi connectivity index (χ4v) is 1.83. The van der Waals surface area contributed by atoms with E-state index in [1.165, 1.54) is 0 Å². The van der Waals surface area contributed by atoms with Gasteiger partial charge in [0.15, 0.2) is 5.78 Å². The van der Waals surface area contributed by atoms with Gasteiger partial charge in [-0.05, 0) is 64.9 Å². The summed E-state index contributed by atoms with van der Waals surface area (Å²) >= 11 is 5.79. The fraction of sp³-hybridized carbons (Fsp3) is 0.500. The van der Waals surface area contributed by atoms with Crippen molar-refractivity contribution in [1.82, 2.24) is 9.80 Å². The van der Waals surface area contributed by atoms with E-state index in [0.717, 1.165) is 25.1 Å². The van der Waals surface area contributed by atoms with Crippen molar-refractivity contribution in [2.24, 2.45) is 0 Å². The van der Waals surface area contributed by atoms with Gasteiger partial charge in [-0.3, -0.25) is 9.69 Å². The second-order valence-corrected chi connectivity index (χ2v) is 5.26. The Morgan fingerprint density at radius 3 is 2.28 bits per heavy atom. The molecule has 4 heteroatoms. The molecule has 0 radical (unpaired) electrons. The summed E-state index contributed by atoms with van der Waals surface area (Å²) in [5, 5.41) is 0.658. The van der Waals surface area contributed by atoms with Crippen LogP contribution in [-0.2, 0) is 0 Å². The van der Waals surface area contributed by atoms with Crippen molar-refractivity contribution in [1.29, 1.82) is 0 Å². The molecule has 0 N–H and O–H groups in total. The summed E-state index contributed by atoms with van der Waals surface area (Å²) in [4.78, 5) is 16.2. The summed E-state index contributed by atoms with van der Waals surface area (Å²) in [5.74, 6) is 0.138. The molecule has 1 rings (SSSR count). The van der Waals surface area contributed by atoms with E-state index < -0.39 is 0 Å². The molecule has 0 bridgehead atoms. The number of benzene rings is 1. The number of rotatable bonds is 7. The number of carbonyl (C=O) groups is 1. The van der Waals surface area contributed by atoms with Gasteiger partial charge in [0.05, 0.1) is 6.54 Å². The number of carbonyl (C=O) groups excluding carboxylic acids is 1. The molecule has 0 fully saturated rings. The highest BCUT2D eigenvalue weighted by atomic mass is 35.5. The zero-order valence-corrected chi connectivity index (χ0v) is 12.1. The number of halogens is 1. The van der Waals surface area contributed by atoms with Crippen molar-refractivity contribution in [3.8, 4) is 0 Å². The third-order valence-corrected chi connectivity index (χ3v) is 2.98. The van der Waals surface area contributed by atoms with Gasteiger partial charge in [-0.2, -0.15) is 0 Å². The summed E-state index contributed by atoms with van der Waals surface area (Å²) < 4.78 is 0. The average molecular weight is 269 g/mol. The van der Waals surface area contributed by atoms with Crippen LogP contribution in [0.5, 0.6) is 0 Å². The molecule has 1 aromatic rings. The lowest BCUT2D eigenvalue weighted by atomic mass is 10.1. The lowest BCUT2D eigenvalue weighted by Gasteiger charge is -2.17. The van der Waals surface area contributed by atoms with Gasteiger partial charge in [0.1, 0.15) is 0 Å². The van der Waals surface area contributed by atoms with Crippen LogP contribution < -0.4 is 0 Å². The van der Waals surface area contributed by atoms with E-state index in [1.807, 2.05) is 7.05 Å². The topological polar surface area (TPSA) is 23.6 Å². The highest BCUT2D eigenvalue weighted by Gasteiger charge is 2.09. The van der Waals surface area contributed by atoms with Crippen molar-refractivity contribution >= 4 is 17.4 Å². The van der Waals surface area contributed by atoms with Crippen molar-refractivity contribution in [3.05, 3.63) is 34.9 Å². The van der Waals surface area contributed by atoms with Crippen LogP contribution in [0.15, 0.2) is 24.3 Å². The van der Waals surface area contributed by atoms with Crippen LogP contribution in [0.25, 0.3) is 0 Å². The quantitative estimate of drug-likeness (QED) is 0.710. The average Bonchev–Trinajstić information content (AvgIpc) is 2.29. The first-order valence-electron chi connectivity index (χ1n) is 6.11. The SMILES string of the molecule is CN(C)CCCN(C)CC(=O)c1ccc(Cl)cc1. The second kappa shape index (κ2) is 7.52. The van der Waals surface area contributed by atoms with E-state index in [9.17, 15) is 4.79 Å². The Morgan fingerprint density at radius 1 is 1.11 bits per heavy atom. The second-order valence-electron chi connectivity index (χ2n) is 4.82. The molecule has 0 spiro atoms. The Morgan fingerprint density at radius 2 is 1.72 bits per heavy atom. The predicted molar refractivity (Wildman–Crippen MR) is 76.5 cm³/mol. The maximum atomic E-state index is 12.0. The van der Waals surface area contributed by atoms with Crippen LogP contribution >= 0.6 is 11.6 Å². The number of hydrogen-bond donors (Lipinski definition) is 0. The number of likely N-dealkylation sites (N-methyl/N-ethyl adjacent to an activating group) is 1. The largest absolute Gasteiger partial charge is 0.309 e. The van der Waals surface area contributed by atoms with E-state index in [-0.39, 0.29) is 5.78 Å². The molecule has 0 heterocycles. The van der Waals surface area contributed by atoms with Gasteiger partial charge < -0.3 is 4.90 Å². The maximum Gasteiger partial charge on any atom is 0.176 e. The monoisotopic (exact) mass is 268 g/mol. The fourth-order valence-electron chi connectivity index (χ4n) is 1.71. The Labute approximate surface area is 114 Å². The summed E-state index contributed by atoms with van der Waals surface area (Å²) in [5.41, 5.74) is 0.721. The molecule has 1 aromatic carbocycles. The van der Waals surface area contributed by atoms with Gasteiger partial charge in [-0.25, -0.2) is 0 Å². The van der Waals surface area contributed by atoms with Gasteiger partial charge in [0, 0.05) is 10.6 Å². The summed E-state index contributed by atoms with van der Waals surface area (Å²) in [6, 6.07) is 7.05. The summed E-state index contributed by atoms with van der Waals surface area (Å²) in [6.07, 6.45) is 1.07. The summed E-state index contributed by atoms with van der Waals surface area (Å²) in [7, 11) is 6.08. The molecule has 0 aromatic heterocycles. The molecule has 0 aliphatic carbocycles. The minimum atomic E-state index is 0.138. The molecular formula is C14H21ClN2O. The molecular weight excluding hydrogens is 248 g/mol. The van der Waals surface area contributed by atoms with E-state index in [0.29, 0.717) is 11.6 Å². The first kappa shape index (κ1) is 15.2. The van der Waals surface area contributed by atoms with E-state index in [1.54, 1.807) is 24.3 Å². The number of hydrogen-bond acceptors (Lipinski definition) is 3. The van der Waals surface area contributed by atoms with Crippen LogP contribution in [0.1, 0.15) is 16.8 Å². The minimum absolute atomic E-state index is 0.138. The van der Waals surface area contributed by atoms with Crippen molar-refractivity contribution in [3.63, 3.8) is 0 Å². The van der Waals surface area contributed by atoms with E-state index >= 15 is 0 Å². The van der Waals surface area contributed by atoms with Gasteiger partial charge in [-0.15, -0.1) is 0 Å². The van der Waals surface area contributed by atoms with E-state index in [2.05, 4.69) is 23.9 Å². The van der Waals surface area contributed by atoms with Gasteiger partial charge in [-0.1, -0.05) is 11.6 Å². The number of ketones is 1. The van der Waals surface area contributed by atoms with Crippen LogP contribution in [0.3, 0.4) is 0 Å². The molecule has 0 saturated heterocycles. The zero-order chi connectivity index (χ0) is 13.5. The first-order chi connectivity index (χ1) is 8.49. The molecule has 0 saturated carbocycles. The van der Waals surface area contributed by atoms with Crippen molar-refractivity contribution in [2.75, 3.05) is 40.8 Å². The normalized spacial score (nSPS) is 11.2. The number of nitrogens with zero attached hydrogens (tertiary/aromatic N) is 2. The van der Waals surface area contributed by atoms with Crippen molar-refractivity contribution < 1.29 is 4.79 Å². The van der Waals surface area contributed by atoms with Crippen LogP contribution in [0.4, 0.5) is 0 Å². The lowest BCUT2D eigenvalue weighted by molar-refractivity contribution is 0.0944. The molecule has 0 atom stereocenters. The molecule has 0 amide bonds. The molecule has 100 valence electrons. The molecule has 0 unspecified atom stereocenters. The molecule has 0 aliphatic heterocycles. The third kappa shape index (κ3) is 5.63. The van der Waals surface area contributed by atoms with Gasteiger partial charge >= 0.3 is 0 Å². The van der Waals surface area contributed by atoms with Crippen LogP contribution in [0, 0.1) is 0 Å². The van der Waals surface area contributed by atoms with Crippen molar-refractivity contribution in [2.45, 2.75) is 6.42 Å².